The molecule has 0 spiro atoms. The summed E-state index contributed by atoms with van der Waals surface area (Å²) in [5.41, 5.74) is 1.39. The lowest BCUT2D eigenvalue weighted by Crippen LogP contribution is -2.29. The summed E-state index contributed by atoms with van der Waals surface area (Å²) in [6, 6.07) is 12.0. The van der Waals surface area contributed by atoms with Crippen LogP contribution in [0.5, 0.6) is 11.5 Å². The quantitative estimate of drug-likeness (QED) is 0.629. The summed E-state index contributed by atoms with van der Waals surface area (Å²) >= 11 is 0. The molecule has 1 amide bonds. The van der Waals surface area contributed by atoms with Crippen LogP contribution in [0.3, 0.4) is 0 Å². The van der Waals surface area contributed by atoms with Crippen LogP contribution < -0.4 is 14.9 Å². The van der Waals surface area contributed by atoms with Gasteiger partial charge in [0.15, 0.2) is 16.9 Å². The van der Waals surface area contributed by atoms with Gasteiger partial charge in [0.2, 0.25) is 5.76 Å². The van der Waals surface area contributed by atoms with E-state index in [1.807, 2.05) is 32.0 Å². The molecule has 4 rings (SSSR count). The minimum atomic E-state index is -0.530. The first kappa shape index (κ1) is 19.1. The summed E-state index contributed by atoms with van der Waals surface area (Å²) in [5, 5.41) is 0.469. The molecule has 2 aromatic carbocycles. The summed E-state index contributed by atoms with van der Waals surface area (Å²) in [6.07, 6.45) is 0.882. The van der Waals surface area contributed by atoms with Crippen LogP contribution in [0.25, 0.3) is 11.0 Å². The zero-order valence-corrected chi connectivity index (χ0v) is 16.7. The van der Waals surface area contributed by atoms with E-state index >= 15 is 0 Å². The summed E-state index contributed by atoms with van der Waals surface area (Å²) in [4.78, 5) is 27.9. The predicted molar refractivity (Wildman–Crippen MR) is 110 cm³/mol. The molecule has 150 valence electrons. The van der Waals surface area contributed by atoms with Crippen molar-refractivity contribution >= 4 is 16.9 Å². The van der Waals surface area contributed by atoms with Crippen molar-refractivity contribution in [2.45, 2.75) is 26.3 Å². The Morgan fingerprint density at radius 1 is 1.07 bits per heavy atom. The SMILES string of the molecule is CCCOc1ccc(C2c3c(oc4ccccc4c3=O)C(=O)N2CC)cc1OC. The van der Waals surface area contributed by atoms with E-state index < -0.39 is 6.04 Å². The molecule has 2 heterocycles. The zero-order valence-electron chi connectivity index (χ0n) is 16.7. The van der Waals surface area contributed by atoms with E-state index in [-0.39, 0.29) is 17.1 Å². The Hall–Kier alpha value is -3.28. The van der Waals surface area contributed by atoms with E-state index in [0.717, 1.165) is 12.0 Å². The molecule has 0 radical (unpaired) electrons. The number of para-hydroxylation sites is 1. The lowest BCUT2D eigenvalue weighted by atomic mass is 9.98. The molecule has 1 aliphatic heterocycles. The van der Waals surface area contributed by atoms with E-state index in [2.05, 4.69) is 0 Å². The van der Waals surface area contributed by atoms with Crippen molar-refractivity contribution in [1.82, 2.24) is 4.90 Å². The molecule has 29 heavy (non-hydrogen) atoms. The van der Waals surface area contributed by atoms with Crippen molar-refractivity contribution in [2.24, 2.45) is 0 Å². The first-order chi connectivity index (χ1) is 14.1. The van der Waals surface area contributed by atoms with Gasteiger partial charge in [-0.15, -0.1) is 0 Å². The molecule has 1 atom stereocenters. The molecule has 1 aliphatic rings. The van der Waals surface area contributed by atoms with E-state index in [1.54, 1.807) is 36.3 Å². The molecule has 6 heteroatoms. The molecule has 6 nitrogen and oxygen atoms in total. The second-order valence-electron chi connectivity index (χ2n) is 6.92. The van der Waals surface area contributed by atoms with Gasteiger partial charge >= 0.3 is 0 Å². The van der Waals surface area contributed by atoms with Crippen molar-refractivity contribution in [3.8, 4) is 11.5 Å². The zero-order chi connectivity index (χ0) is 20.5. The Kier molecular flexibility index (Phi) is 5.01. The number of fused-ring (bicyclic) bond motifs is 2. The van der Waals surface area contributed by atoms with Crippen LogP contribution in [0, 0.1) is 0 Å². The Labute approximate surface area is 168 Å². The van der Waals surface area contributed by atoms with Crippen LogP contribution in [-0.2, 0) is 0 Å². The third-order valence-electron chi connectivity index (χ3n) is 5.18. The number of hydrogen-bond acceptors (Lipinski definition) is 5. The highest BCUT2D eigenvalue weighted by molar-refractivity contribution is 5.99. The van der Waals surface area contributed by atoms with Gasteiger partial charge in [-0.3, -0.25) is 9.59 Å². The molecular weight excluding hydrogens is 370 g/mol. The van der Waals surface area contributed by atoms with Crippen LogP contribution in [0.1, 0.15) is 48.0 Å². The van der Waals surface area contributed by atoms with E-state index in [9.17, 15) is 9.59 Å². The van der Waals surface area contributed by atoms with Gasteiger partial charge in [-0.2, -0.15) is 0 Å². The monoisotopic (exact) mass is 393 g/mol. The van der Waals surface area contributed by atoms with E-state index in [1.165, 1.54) is 0 Å². The van der Waals surface area contributed by atoms with Crippen LogP contribution in [-0.4, -0.2) is 31.1 Å². The van der Waals surface area contributed by atoms with Gasteiger partial charge in [0.05, 0.1) is 30.7 Å². The fourth-order valence-corrected chi connectivity index (χ4v) is 3.83. The maximum absolute atomic E-state index is 13.3. The Balaban J connectivity index is 1.90. The second-order valence-corrected chi connectivity index (χ2v) is 6.92. The van der Waals surface area contributed by atoms with Crippen molar-refractivity contribution in [3.05, 3.63) is 69.6 Å². The molecule has 0 bridgehead atoms. The van der Waals surface area contributed by atoms with Crippen LogP contribution in [0.15, 0.2) is 51.7 Å². The molecule has 1 aromatic heterocycles. The average molecular weight is 393 g/mol. The van der Waals surface area contributed by atoms with E-state index in [0.29, 0.717) is 41.2 Å². The normalized spacial score (nSPS) is 15.6. The summed E-state index contributed by atoms with van der Waals surface area (Å²) in [7, 11) is 1.57. The van der Waals surface area contributed by atoms with Crippen molar-refractivity contribution in [3.63, 3.8) is 0 Å². The smallest absolute Gasteiger partial charge is 0.290 e. The Morgan fingerprint density at radius 3 is 2.59 bits per heavy atom. The highest BCUT2D eigenvalue weighted by Crippen LogP contribution is 2.40. The van der Waals surface area contributed by atoms with Crippen molar-refractivity contribution < 1.29 is 18.7 Å². The van der Waals surface area contributed by atoms with Gasteiger partial charge in [0, 0.05) is 6.54 Å². The Bertz CT molecular complexity index is 1130. The van der Waals surface area contributed by atoms with Gasteiger partial charge in [-0.25, -0.2) is 0 Å². The number of rotatable bonds is 6. The van der Waals surface area contributed by atoms with Crippen LogP contribution >= 0.6 is 0 Å². The summed E-state index contributed by atoms with van der Waals surface area (Å²) in [6.45, 7) is 4.94. The molecule has 0 aliphatic carbocycles. The second kappa shape index (κ2) is 7.62. The Morgan fingerprint density at radius 2 is 1.86 bits per heavy atom. The lowest BCUT2D eigenvalue weighted by Gasteiger charge is -2.24. The largest absolute Gasteiger partial charge is 0.493 e. The third-order valence-corrected chi connectivity index (χ3v) is 5.18. The fourth-order valence-electron chi connectivity index (χ4n) is 3.83. The van der Waals surface area contributed by atoms with Gasteiger partial charge in [0.25, 0.3) is 5.91 Å². The molecule has 0 N–H and O–H groups in total. The maximum Gasteiger partial charge on any atom is 0.290 e. The molecular formula is C23H23NO5. The topological polar surface area (TPSA) is 69.0 Å². The van der Waals surface area contributed by atoms with Gasteiger partial charge in [-0.1, -0.05) is 25.1 Å². The number of ether oxygens (including phenoxy) is 2. The molecule has 0 saturated carbocycles. The first-order valence-corrected chi connectivity index (χ1v) is 9.78. The number of hydrogen-bond donors (Lipinski definition) is 0. The summed E-state index contributed by atoms with van der Waals surface area (Å²) in [5.74, 6) is 1.04. The van der Waals surface area contributed by atoms with Gasteiger partial charge < -0.3 is 18.8 Å². The highest BCUT2D eigenvalue weighted by Gasteiger charge is 2.42. The van der Waals surface area contributed by atoms with E-state index in [4.69, 9.17) is 13.9 Å². The van der Waals surface area contributed by atoms with Crippen molar-refractivity contribution in [2.75, 3.05) is 20.3 Å². The minimum Gasteiger partial charge on any atom is -0.493 e. The van der Waals surface area contributed by atoms with Gasteiger partial charge in [0.1, 0.15) is 5.58 Å². The minimum absolute atomic E-state index is 0.117. The number of carbonyl (C=O) groups is 1. The number of nitrogens with zero attached hydrogens (tertiary/aromatic N) is 1. The lowest BCUT2D eigenvalue weighted by molar-refractivity contribution is 0.0737. The first-order valence-electron chi connectivity index (χ1n) is 9.78. The number of carbonyl (C=O) groups excluding carboxylic acids is 1. The highest BCUT2D eigenvalue weighted by atomic mass is 16.5. The maximum atomic E-state index is 13.3. The number of benzene rings is 2. The van der Waals surface area contributed by atoms with Crippen LogP contribution in [0.4, 0.5) is 0 Å². The average Bonchev–Trinajstić information content (AvgIpc) is 3.04. The number of methoxy groups -OCH3 is 1. The van der Waals surface area contributed by atoms with Crippen molar-refractivity contribution in [1.29, 1.82) is 0 Å². The van der Waals surface area contributed by atoms with Crippen LogP contribution in [0.2, 0.25) is 0 Å². The standard InChI is InChI=1S/C23H23NO5/c1-4-12-28-17-11-10-14(13-18(17)27-3)20-19-21(25)15-8-6-7-9-16(15)29-22(19)23(26)24(20)5-2/h6-11,13,20H,4-5,12H2,1-3H3. The predicted octanol–water partition coefficient (Wildman–Crippen LogP) is 4.16. The number of amides is 1. The summed E-state index contributed by atoms with van der Waals surface area (Å²) < 4.78 is 17.1. The molecule has 3 aromatic rings. The molecule has 1 unspecified atom stereocenters. The molecule has 0 saturated heterocycles. The molecule has 0 fully saturated rings. The van der Waals surface area contributed by atoms with Gasteiger partial charge in [-0.05, 0) is 43.2 Å². The fraction of sp³-hybridized carbons (Fsp3) is 0.304. The third kappa shape index (κ3) is 3.05.